The Morgan fingerprint density at radius 1 is 1.50 bits per heavy atom. The molecule has 0 fully saturated rings. The summed E-state index contributed by atoms with van der Waals surface area (Å²) in [5.41, 5.74) is 1.69. The highest BCUT2D eigenvalue weighted by Crippen LogP contribution is 2.05. The lowest BCUT2D eigenvalue weighted by Gasteiger charge is -1.98. The smallest absolute Gasteiger partial charge is 0.291 e. The molecule has 2 aromatic heterocycles. The number of hydrogen-bond donors (Lipinski definition) is 1. The second-order valence-corrected chi connectivity index (χ2v) is 4.42. The minimum absolute atomic E-state index is 0.0640. The van der Waals surface area contributed by atoms with Crippen molar-refractivity contribution in [2.24, 2.45) is 0 Å². The number of nitrogens with one attached hydrogen (secondary N) is 1. The van der Waals surface area contributed by atoms with E-state index in [1.807, 2.05) is 19.9 Å². The number of carbonyl (C=O) groups is 1. The Morgan fingerprint density at radius 2 is 2.22 bits per heavy atom. The molecule has 2 heterocycles. The van der Waals surface area contributed by atoms with Crippen molar-refractivity contribution < 1.29 is 4.79 Å². The lowest BCUT2D eigenvalue weighted by atomic mass is 10.4. The summed E-state index contributed by atoms with van der Waals surface area (Å²) in [7, 11) is 0. The maximum atomic E-state index is 11.7. The van der Waals surface area contributed by atoms with E-state index in [-0.39, 0.29) is 12.4 Å². The van der Waals surface area contributed by atoms with E-state index in [1.165, 1.54) is 4.52 Å². The zero-order chi connectivity index (χ0) is 13.3. The number of halogens is 1. The molecule has 0 atom stereocenters. The molecule has 6 nitrogen and oxygen atoms in total. The van der Waals surface area contributed by atoms with E-state index in [0.717, 1.165) is 11.4 Å². The van der Waals surface area contributed by atoms with Crippen LogP contribution >= 0.6 is 11.6 Å². The van der Waals surface area contributed by atoms with Gasteiger partial charge >= 0.3 is 0 Å². The van der Waals surface area contributed by atoms with E-state index < -0.39 is 5.91 Å². The van der Waals surface area contributed by atoms with Crippen molar-refractivity contribution in [1.82, 2.24) is 24.9 Å². The maximum absolute atomic E-state index is 11.7. The molecule has 0 saturated carbocycles. The minimum Gasteiger partial charge on any atom is -0.344 e. The third-order valence-corrected chi connectivity index (χ3v) is 2.40. The van der Waals surface area contributed by atoms with Crippen LogP contribution in [0.2, 0.25) is 0 Å². The Morgan fingerprint density at radius 3 is 2.89 bits per heavy atom. The van der Waals surface area contributed by atoms with E-state index in [2.05, 4.69) is 27.0 Å². The predicted octanol–water partition coefficient (Wildman–Crippen LogP) is 1.22. The molecular weight excluding hydrogens is 254 g/mol. The lowest BCUT2D eigenvalue weighted by Crippen LogP contribution is -2.25. The quantitative estimate of drug-likeness (QED) is 0.906. The molecule has 94 valence electrons. The summed E-state index contributed by atoms with van der Waals surface area (Å²) < 4.78 is 1.53. The van der Waals surface area contributed by atoms with E-state index in [0.29, 0.717) is 10.8 Å². The van der Waals surface area contributed by atoms with Crippen LogP contribution in [0.3, 0.4) is 0 Å². The van der Waals surface area contributed by atoms with Gasteiger partial charge in [-0.1, -0.05) is 18.2 Å². The standard InChI is InChI=1S/C11H12ClN5O/c1-6(12)5-13-10(18)9-15-11-14-7(2)4-8(3)17(11)16-9/h4H,1,5H2,2-3H3,(H,13,18). The Labute approximate surface area is 109 Å². The van der Waals surface area contributed by atoms with E-state index >= 15 is 0 Å². The maximum Gasteiger partial charge on any atom is 0.291 e. The van der Waals surface area contributed by atoms with Gasteiger partial charge in [0, 0.05) is 16.4 Å². The third kappa shape index (κ3) is 2.48. The van der Waals surface area contributed by atoms with Gasteiger partial charge in [-0.05, 0) is 19.9 Å². The van der Waals surface area contributed by atoms with Gasteiger partial charge in [-0.2, -0.15) is 4.98 Å². The highest BCUT2D eigenvalue weighted by molar-refractivity contribution is 6.29. The molecular formula is C11H12ClN5O. The molecule has 2 aromatic rings. The van der Waals surface area contributed by atoms with Crippen molar-refractivity contribution in [2.45, 2.75) is 13.8 Å². The fourth-order valence-electron chi connectivity index (χ4n) is 1.52. The number of aryl methyl sites for hydroxylation is 2. The summed E-state index contributed by atoms with van der Waals surface area (Å²) in [6.07, 6.45) is 0. The highest BCUT2D eigenvalue weighted by Gasteiger charge is 2.14. The zero-order valence-electron chi connectivity index (χ0n) is 10.1. The van der Waals surface area contributed by atoms with Gasteiger partial charge in [0.1, 0.15) is 0 Å². The van der Waals surface area contributed by atoms with Gasteiger partial charge in [0.2, 0.25) is 5.82 Å². The number of carbonyl (C=O) groups excluding carboxylic acids is 1. The molecule has 0 aromatic carbocycles. The minimum atomic E-state index is -0.403. The van der Waals surface area contributed by atoms with Crippen LogP contribution in [0.15, 0.2) is 17.7 Å². The zero-order valence-corrected chi connectivity index (χ0v) is 10.8. The lowest BCUT2D eigenvalue weighted by molar-refractivity contribution is 0.0947. The first kappa shape index (κ1) is 12.5. The third-order valence-electron chi connectivity index (χ3n) is 2.26. The molecule has 18 heavy (non-hydrogen) atoms. The number of aromatic nitrogens is 4. The second-order valence-electron chi connectivity index (χ2n) is 3.89. The SMILES string of the molecule is C=C(Cl)CNC(=O)c1nc2nc(C)cc(C)n2n1. The van der Waals surface area contributed by atoms with E-state index in [9.17, 15) is 4.79 Å². The first-order chi connectivity index (χ1) is 8.47. The average Bonchev–Trinajstić information content (AvgIpc) is 2.69. The van der Waals surface area contributed by atoms with E-state index in [1.54, 1.807) is 0 Å². The van der Waals surface area contributed by atoms with Gasteiger partial charge in [-0.3, -0.25) is 4.79 Å². The molecule has 0 bridgehead atoms. The van der Waals surface area contributed by atoms with Crippen LogP contribution in [-0.2, 0) is 0 Å². The Hall–Kier alpha value is -1.95. The summed E-state index contributed by atoms with van der Waals surface area (Å²) in [4.78, 5) is 20.0. The van der Waals surface area contributed by atoms with Crippen molar-refractivity contribution >= 4 is 23.3 Å². The topological polar surface area (TPSA) is 72.2 Å². The predicted molar refractivity (Wildman–Crippen MR) is 67.6 cm³/mol. The largest absolute Gasteiger partial charge is 0.344 e. The molecule has 0 radical (unpaired) electrons. The molecule has 0 aliphatic rings. The van der Waals surface area contributed by atoms with Gasteiger partial charge < -0.3 is 5.32 Å². The van der Waals surface area contributed by atoms with Gasteiger partial charge in [0.05, 0.1) is 6.54 Å². The number of fused-ring (bicyclic) bond motifs is 1. The second kappa shape index (κ2) is 4.73. The van der Waals surface area contributed by atoms with Gasteiger partial charge in [-0.25, -0.2) is 9.50 Å². The van der Waals surface area contributed by atoms with Crippen LogP contribution in [-0.4, -0.2) is 32.0 Å². The first-order valence-corrected chi connectivity index (χ1v) is 5.67. The summed E-state index contributed by atoms with van der Waals surface area (Å²) >= 11 is 5.57. The summed E-state index contributed by atoms with van der Waals surface area (Å²) in [5.74, 6) is 0.0656. The summed E-state index contributed by atoms with van der Waals surface area (Å²) in [6.45, 7) is 7.40. The van der Waals surface area contributed by atoms with Gasteiger partial charge in [-0.15, -0.1) is 5.10 Å². The molecule has 0 unspecified atom stereocenters. The van der Waals surface area contributed by atoms with Crippen LogP contribution in [0.4, 0.5) is 0 Å². The number of hydrogen-bond acceptors (Lipinski definition) is 4. The van der Waals surface area contributed by atoms with Crippen LogP contribution < -0.4 is 5.32 Å². The molecule has 0 aliphatic carbocycles. The van der Waals surface area contributed by atoms with E-state index in [4.69, 9.17) is 11.6 Å². The molecule has 0 saturated heterocycles. The van der Waals surface area contributed by atoms with Crippen LogP contribution in [0.25, 0.3) is 5.78 Å². The average molecular weight is 266 g/mol. The normalized spacial score (nSPS) is 10.6. The summed E-state index contributed by atoms with van der Waals surface area (Å²) in [5, 5.41) is 6.99. The fraction of sp³-hybridized carbons (Fsp3) is 0.273. The van der Waals surface area contributed by atoms with Crippen molar-refractivity contribution in [1.29, 1.82) is 0 Å². The Balaban J connectivity index is 2.32. The first-order valence-electron chi connectivity index (χ1n) is 5.30. The number of rotatable bonds is 3. The summed E-state index contributed by atoms with van der Waals surface area (Å²) in [6, 6.07) is 1.87. The molecule has 7 heteroatoms. The van der Waals surface area contributed by atoms with Crippen LogP contribution in [0.5, 0.6) is 0 Å². The molecule has 2 rings (SSSR count). The van der Waals surface area contributed by atoms with Crippen molar-refractivity contribution in [2.75, 3.05) is 6.54 Å². The van der Waals surface area contributed by atoms with Gasteiger partial charge in [0.15, 0.2) is 0 Å². The van der Waals surface area contributed by atoms with Gasteiger partial charge in [0.25, 0.3) is 11.7 Å². The highest BCUT2D eigenvalue weighted by atomic mass is 35.5. The molecule has 1 N–H and O–H groups in total. The molecule has 1 amide bonds. The van der Waals surface area contributed by atoms with Crippen LogP contribution in [0.1, 0.15) is 22.0 Å². The molecule has 0 spiro atoms. The fourth-order valence-corrected chi connectivity index (χ4v) is 1.58. The van der Waals surface area contributed by atoms with Crippen LogP contribution in [0, 0.1) is 13.8 Å². The number of nitrogens with zero attached hydrogens (tertiary/aromatic N) is 4. The Kier molecular flexibility index (Phi) is 3.29. The van der Waals surface area contributed by atoms with Crippen molar-refractivity contribution in [3.8, 4) is 0 Å². The van der Waals surface area contributed by atoms with Crippen molar-refractivity contribution in [3.05, 3.63) is 34.9 Å². The number of amides is 1. The monoisotopic (exact) mass is 265 g/mol. The molecule has 0 aliphatic heterocycles. The van der Waals surface area contributed by atoms with Crippen molar-refractivity contribution in [3.63, 3.8) is 0 Å². The Bertz CT molecular complexity index is 634.